The van der Waals surface area contributed by atoms with E-state index in [1.807, 2.05) is 19.1 Å². The predicted octanol–water partition coefficient (Wildman–Crippen LogP) is 3.47. The number of hydrogen-bond acceptors (Lipinski definition) is 2. The van der Waals surface area contributed by atoms with Crippen LogP contribution in [0.4, 0.5) is 0 Å². The second kappa shape index (κ2) is 15.7. The molecule has 0 heterocycles. The maximum atomic E-state index is 11.4. The second-order valence-electron chi connectivity index (χ2n) is 7.10. The van der Waals surface area contributed by atoms with Gasteiger partial charge in [-0.05, 0) is 36.5 Å². The first-order valence-corrected chi connectivity index (χ1v) is 11.5. The van der Waals surface area contributed by atoms with Crippen LogP contribution in [-0.4, -0.2) is 13.0 Å². The van der Waals surface area contributed by atoms with E-state index in [4.69, 9.17) is 0 Å². The van der Waals surface area contributed by atoms with Gasteiger partial charge in [0, 0.05) is 0 Å². The summed E-state index contributed by atoms with van der Waals surface area (Å²) < 4.78 is 32.2. The predicted molar refractivity (Wildman–Crippen MR) is 107 cm³/mol. The van der Waals surface area contributed by atoms with Crippen LogP contribution in [0.25, 0.3) is 0 Å². The zero-order chi connectivity index (χ0) is 18.5. The standard InChI is InChI=1S/C21H36O3S.K.H/c1-3-5-6-7-8-9-10-11-12-13-15-19-16-17-21(25(22,23)24)20(18-19)14-4-2;;/h16-18H,3-15H2,1-2H3,(H,22,23,24);;/q;+1;-1. The molecule has 1 aromatic rings. The van der Waals surface area contributed by atoms with E-state index in [0.717, 1.165) is 24.8 Å². The SMILES string of the molecule is CCCCCCCCCCCCc1ccc(S(=O)(=O)O)c(CCC)c1.[H-].[K+]. The van der Waals surface area contributed by atoms with E-state index in [9.17, 15) is 13.0 Å². The number of unbranched alkanes of at least 4 members (excludes halogenated alkanes) is 9. The minimum atomic E-state index is -4.12. The van der Waals surface area contributed by atoms with Crippen molar-refractivity contribution < 1.29 is 65.8 Å². The summed E-state index contributed by atoms with van der Waals surface area (Å²) in [5, 5.41) is 0. The third kappa shape index (κ3) is 11.6. The molecule has 3 nitrogen and oxygen atoms in total. The van der Waals surface area contributed by atoms with Gasteiger partial charge >= 0.3 is 51.4 Å². The molecule has 0 aliphatic carbocycles. The molecule has 0 saturated carbocycles. The van der Waals surface area contributed by atoms with Gasteiger partial charge < -0.3 is 1.43 Å². The second-order valence-corrected chi connectivity index (χ2v) is 8.49. The van der Waals surface area contributed by atoms with Crippen molar-refractivity contribution in [3.05, 3.63) is 29.3 Å². The zero-order valence-corrected chi connectivity index (χ0v) is 21.0. The van der Waals surface area contributed by atoms with Gasteiger partial charge in [0.2, 0.25) is 0 Å². The summed E-state index contributed by atoms with van der Waals surface area (Å²) >= 11 is 0. The van der Waals surface area contributed by atoms with Crippen LogP contribution < -0.4 is 51.4 Å². The van der Waals surface area contributed by atoms with E-state index in [0.29, 0.717) is 6.42 Å². The first kappa shape index (κ1) is 26.8. The van der Waals surface area contributed by atoms with E-state index in [2.05, 4.69) is 6.92 Å². The summed E-state index contributed by atoms with van der Waals surface area (Å²) in [6.07, 6.45) is 15.7. The molecule has 0 saturated heterocycles. The van der Waals surface area contributed by atoms with Crippen LogP contribution in [0, 0.1) is 0 Å². The maximum absolute atomic E-state index is 11.4. The summed E-state index contributed by atoms with van der Waals surface area (Å²) in [6, 6.07) is 5.36. The van der Waals surface area contributed by atoms with Crippen molar-refractivity contribution >= 4 is 10.1 Å². The van der Waals surface area contributed by atoms with Crippen LogP contribution >= 0.6 is 0 Å². The molecule has 0 spiro atoms. The molecule has 0 radical (unpaired) electrons. The summed E-state index contributed by atoms with van der Waals surface area (Å²) in [5.41, 5.74) is 1.92. The van der Waals surface area contributed by atoms with Gasteiger partial charge in [-0.1, -0.05) is 90.2 Å². The van der Waals surface area contributed by atoms with E-state index >= 15 is 0 Å². The number of rotatable bonds is 14. The topological polar surface area (TPSA) is 54.4 Å². The van der Waals surface area contributed by atoms with Gasteiger partial charge in [0.15, 0.2) is 0 Å². The molecule has 26 heavy (non-hydrogen) atoms. The van der Waals surface area contributed by atoms with Crippen LogP contribution in [0.1, 0.15) is 97.0 Å². The largest absolute Gasteiger partial charge is 1.00 e. The Kier molecular flexibility index (Phi) is 16.1. The Morgan fingerprint density at radius 3 is 1.85 bits per heavy atom. The fourth-order valence-electron chi connectivity index (χ4n) is 3.32. The molecule has 146 valence electrons. The third-order valence-electron chi connectivity index (χ3n) is 4.74. The van der Waals surface area contributed by atoms with Crippen molar-refractivity contribution in [1.82, 2.24) is 0 Å². The van der Waals surface area contributed by atoms with Crippen LogP contribution in [0.5, 0.6) is 0 Å². The molecule has 0 atom stereocenters. The first-order valence-electron chi connectivity index (χ1n) is 10.1. The van der Waals surface area contributed by atoms with E-state index in [1.54, 1.807) is 6.07 Å². The minimum absolute atomic E-state index is 0. The Morgan fingerprint density at radius 1 is 0.808 bits per heavy atom. The number of hydrogen-bond donors (Lipinski definition) is 1. The minimum Gasteiger partial charge on any atom is -1.00 e. The van der Waals surface area contributed by atoms with Gasteiger partial charge in [0.1, 0.15) is 0 Å². The van der Waals surface area contributed by atoms with Crippen LogP contribution in [0.15, 0.2) is 23.1 Å². The monoisotopic (exact) mass is 408 g/mol. The molecule has 0 aliphatic rings. The summed E-state index contributed by atoms with van der Waals surface area (Å²) in [5.74, 6) is 0. The average molecular weight is 409 g/mol. The average Bonchev–Trinajstić information content (AvgIpc) is 2.56. The quantitative estimate of drug-likeness (QED) is 0.291. The van der Waals surface area contributed by atoms with Crippen molar-refractivity contribution in [3.8, 4) is 0 Å². The van der Waals surface area contributed by atoms with Crippen molar-refractivity contribution in [3.63, 3.8) is 0 Å². The smallest absolute Gasteiger partial charge is 1.00 e. The van der Waals surface area contributed by atoms with Crippen molar-refractivity contribution in [2.75, 3.05) is 0 Å². The molecular formula is C21H37KO3S. The molecule has 0 unspecified atom stereocenters. The van der Waals surface area contributed by atoms with Crippen molar-refractivity contribution in [1.29, 1.82) is 0 Å². The van der Waals surface area contributed by atoms with Gasteiger partial charge in [-0.15, -0.1) is 0 Å². The molecule has 0 fully saturated rings. The molecule has 0 aliphatic heterocycles. The molecule has 1 aromatic carbocycles. The fraction of sp³-hybridized carbons (Fsp3) is 0.714. The summed E-state index contributed by atoms with van der Waals surface area (Å²) in [4.78, 5) is 0.0705. The molecular weight excluding hydrogens is 371 g/mol. The molecule has 1 N–H and O–H groups in total. The Bertz CT molecular complexity index is 591. The maximum Gasteiger partial charge on any atom is 1.00 e. The molecule has 1 rings (SSSR count). The third-order valence-corrected chi connectivity index (χ3v) is 5.70. The molecule has 0 bridgehead atoms. The van der Waals surface area contributed by atoms with Crippen LogP contribution in [0.2, 0.25) is 0 Å². The number of aryl methyl sites for hydroxylation is 2. The van der Waals surface area contributed by atoms with Crippen molar-refractivity contribution in [2.24, 2.45) is 0 Å². The van der Waals surface area contributed by atoms with E-state index in [1.165, 1.54) is 63.4 Å². The molecule has 5 heteroatoms. The van der Waals surface area contributed by atoms with E-state index in [-0.39, 0.29) is 57.7 Å². The Hall–Kier alpha value is 0.766. The summed E-state index contributed by atoms with van der Waals surface area (Å²) in [6.45, 7) is 4.27. The first-order chi connectivity index (χ1) is 12.0. The van der Waals surface area contributed by atoms with Crippen molar-refractivity contribution in [2.45, 2.75) is 102 Å². The van der Waals surface area contributed by atoms with Gasteiger partial charge in [-0.2, -0.15) is 8.42 Å². The fourth-order valence-corrected chi connectivity index (χ4v) is 4.05. The van der Waals surface area contributed by atoms with Gasteiger partial charge in [-0.25, -0.2) is 0 Å². The van der Waals surface area contributed by atoms with Crippen LogP contribution in [-0.2, 0) is 23.0 Å². The number of benzene rings is 1. The molecule has 0 aromatic heterocycles. The Labute approximate surface area is 205 Å². The van der Waals surface area contributed by atoms with Crippen LogP contribution in [0.3, 0.4) is 0 Å². The Morgan fingerprint density at radius 2 is 1.35 bits per heavy atom. The Balaban J connectivity index is 0. The zero-order valence-electron chi connectivity index (χ0n) is 18.1. The van der Waals surface area contributed by atoms with Gasteiger partial charge in [0.05, 0.1) is 4.90 Å². The summed E-state index contributed by atoms with van der Waals surface area (Å²) in [7, 11) is -4.12. The normalized spacial score (nSPS) is 11.3. The van der Waals surface area contributed by atoms with Gasteiger partial charge in [0.25, 0.3) is 10.1 Å². The molecule has 0 amide bonds. The van der Waals surface area contributed by atoms with Gasteiger partial charge in [-0.3, -0.25) is 4.55 Å². The van der Waals surface area contributed by atoms with E-state index < -0.39 is 10.1 Å².